The zero-order chi connectivity index (χ0) is 21.2. The fourth-order valence-corrected chi connectivity index (χ4v) is 2.83. The highest BCUT2D eigenvalue weighted by Gasteiger charge is 2.05. The molecule has 3 aromatic rings. The molecule has 0 aliphatic carbocycles. The molecule has 1 N–H and O–H groups in total. The topological polar surface area (TPSA) is 65.4 Å². The molecule has 154 valence electrons. The van der Waals surface area contributed by atoms with Crippen LogP contribution in [0.5, 0.6) is 11.5 Å². The number of benzene rings is 2. The maximum atomic E-state index is 12.1. The second-order valence-electron chi connectivity index (χ2n) is 6.51. The highest BCUT2D eigenvalue weighted by molar-refractivity contribution is 5.91. The molecule has 0 aliphatic heterocycles. The number of carbonyl (C=O) groups is 1. The molecule has 0 radical (unpaired) electrons. The predicted molar refractivity (Wildman–Crippen MR) is 118 cm³/mol. The largest absolute Gasteiger partial charge is 0.493 e. The third-order valence-electron chi connectivity index (χ3n) is 4.34. The quantitative estimate of drug-likeness (QED) is 0.413. The molecule has 6 heteroatoms. The van der Waals surface area contributed by atoms with Crippen LogP contribution in [0.25, 0.3) is 11.8 Å². The minimum atomic E-state index is -0.156. The van der Waals surface area contributed by atoms with Crippen LogP contribution >= 0.6 is 0 Å². The predicted octanol–water partition coefficient (Wildman–Crippen LogP) is 3.82. The van der Waals surface area contributed by atoms with E-state index in [9.17, 15) is 4.79 Å². The Bertz CT molecular complexity index is 1010. The molecular weight excluding hydrogens is 378 g/mol. The summed E-state index contributed by atoms with van der Waals surface area (Å²) in [7, 11) is 1.58. The maximum absolute atomic E-state index is 12.1. The monoisotopic (exact) mass is 403 g/mol. The molecule has 3 rings (SSSR count). The number of carbonyl (C=O) groups excluding carboxylic acids is 1. The van der Waals surface area contributed by atoms with Crippen molar-refractivity contribution in [2.24, 2.45) is 0 Å². The van der Waals surface area contributed by atoms with Crippen LogP contribution in [0.4, 0.5) is 0 Å². The summed E-state index contributed by atoms with van der Waals surface area (Å²) in [6.07, 6.45) is 9.41. The number of aromatic nitrogens is 2. The normalized spacial score (nSPS) is 10.7. The van der Waals surface area contributed by atoms with Gasteiger partial charge >= 0.3 is 0 Å². The van der Waals surface area contributed by atoms with Crippen molar-refractivity contribution in [3.05, 3.63) is 90.8 Å². The first-order valence-electron chi connectivity index (χ1n) is 9.66. The van der Waals surface area contributed by atoms with Crippen LogP contribution in [0.3, 0.4) is 0 Å². The Morgan fingerprint density at radius 2 is 2.03 bits per heavy atom. The lowest BCUT2D eigenvalue weighted by Gasteiger charge is -2.09. The lowest BCUT2D eigenvalue weighted by atomic mass is 10.2. The Kier molecular flexibility index (Phi) is 7.44. The summed E-state index contributed by atoms with van der Waals surface area (Å²) in [6, 6.07) is 15.4. The molecule has 0 unspecified atom stereocenters. The second-order valence-corrected chi connectivity index (χ2v) is 6.51. The van der Waals surface area contributed by atoms with Gasteiger partial charge in [0.15, 0.2) is 11.5 Å². The molecule has 6 nitrogen and oxygen atoms in total. The van der Waals surface area contributed by atoms with Crippen LogP contribution < -0.4 is 14.8 Å². The van der Waals surface area contributed by atoms with E-state index in [1.807, 2.05) is 65.6 Å². The standard InChI is InChI=1S/C24H25N3O3/c1-3-15-30-22-11-9-19(16-23(22)29-2)10-12-24(28)25-14-13-20-17-26-27(18-20)21-7-5-4-6-8-21/h3-12,16-18H,1,13-15H2,2H3,(H,25,28)/b12-10+. The highest BCUT2D eigenvalue weighted by Crippen LogP contribution is 2.28. The summed E-state index contributed by atoms with van der Waals surface area (Å²) in [5.74, 6) is 1.08. The fraction of sp³-hybridized carbons (Fsp3) is 0.167. The molecule has 0 saturated heterocycles. The number of nitrogens with zero attached hydrogens (tertiary/aromatic N) is 2. The molecular formula is C24H25N3O3. The summed E-state index contributed by atoms with van der Waals surface area (Å²) >= 11 is 0. The van der Waals surface area contributed by atoms with Gasteiger partial charge in [-0.25, -0.2) is 4.68 Å². The first-order chi connectivity index (χ1) is 14.7. The highest BCUT2D eigenvalue weighted by atomic mass is 16.5. The molecule has 1 aromatic heterocycles. The van der Waals surface area contributed by atoms with E-state index in [0.29, 0.717) is 31.1 Å². The Morgan fingerprint density at radius 3 is 2.80 bits per heavy atom. The summed E-state index contributed by atoms with van der Waals surface area (Å²) in [5, 5.41) is 7.25. The number of hydrogen-bond donors (Lipinski definition) is 1. The zero-order valence-corrected chi connectivity index (χ0v) is 17.0. The molecule has 0 aliphatic rings. The minimum absolute atomic E-state index is 0.156. The summed E-state index contributed by atoms with van der Waals surface area (Å²) in [5.41, 5.74) is 2.91. The van der Waals surface area contributed by atoms with Gasteiger partial charge in [0.25, 0.3) is 0 Å². The molecule has 30 heavy (non-hydrogen) atoms. The van der Waals surface area contributed by atoms with Gasteiger partial charge in [-0.3, -0.25) is 4.79 Å². The Labute approximate surface area is 176 Å². The van der Waals surface area contributed by atoms with Gasteiger partial charge in [0, 0.05) is 18.8 Å². The lowest BCUT2D eigenvalue weighted by Crippen LogP contribution is -2.23. The van der Waals surface area contributed by atoms with Gasteiger partial charge in [-0.15, -0.1) is 0 Å². The van der Waals surface area contributed by atoms with E-state index in [0.717, 1.165) is 16.8 Å². The fourth-order valence-electron chi connectivity index (χ4n) is 2.83. The molecule has 1 amide bonds. The van der Waals surface area contributed by atoms with Crippen molar-refractivity contribution < 1.29 is 14.3 Å². The zero-order valence-electron chi connectivity index (χ0n) is 17.0. The van der Waals surface area contributed by atoms with Gasteiger partial charge in [0.1, 0.15) is 6.61 Å². The molecule has 2 aromatic carbocycles. The number of para-hydroxylation sites is 1. The number of ether oxygens (including phenoxy) is 2. The van der Waals surface area contributed by atoms with E-state index < -0.39 is 0 Å². The van der Waals surface area contributed by atoms with E-state index in [2.05, 4.69) is 17.0 Å². The van der Waals surface area contributed by atoms with Crippen LogP contribution in [0.2, 0.25) is 0 Å². The number of amides is 1. The molecule has 0 saturated carbocycles. The van der Waals surface area contributed by atoms with Crippen LogP contribution in [-0.4, -0.2) is 35.9 Å². The maximum Gasteiger partial charge on any atom is 0.244 e. The summed E-state index contributed by atoms with van der Waals surface area (Å²) in [6.45, 7) is 4.56. The third-order valence-corrected chi connectivity index (χ3v) is 4.34. The summed E-state index contributed by atoms with van der Waals surface area (Å²) in [4.78, 5) is 12.1. The Morgan fingerprint density at radius 1 is 1.20 bits per heavy atom. The number of rotatable bonds is 10. The van der Waals surface area contributed by atoms with E-state index in [1.165, 1.54) is 6.08 Å². The van der Waals surface area contributed by atoms with E-state index in [4.69, 9.17) is 9.47 Å². The minimum Gasteiger partial charge on any atom is -0.493 e. The SMILES string of the molecule is C=CCOc1ccc(/C=C/C(=O)NCCc2cnn(-c3ccccc3)c2)cc1OC. The van der Waals surface area contributed by atoms with Crippen molar-refractivity contribution in [2.75, 3.05) is 20.3 Å². The van der Waals surface area contributed by atoms with Gasteiger partial charge in [-0.2, -0.15) is 5.10 Å². The number of methoxy groups -OCH3 is 1. The van der Waals surface area contributed by atoms with E-state index >= 15 is 0 Å². The average Bonchev–Trinajstić information content (AvgIpc) is 3.26. The molecule has 0 spiro atoms. The van der Waals surface area contributed by atoms with E-state index in [-0.39, 0.29) is 5.91 Å². The van der Waals surface area contributed by atoms with Crippen LogP contribution in [0.1, 0.15) is 11.1 Å². The van der Waals surface area contributed by atoms with Crippen molar-refractivity contribution in [3.8, 4) is 17.2 Å². The van der Waals surface area contributed by atoms with Crippen LogP contribution in [-0.2, 0) is 11.2 Å². The first-order valence-corrected chi connectivity index (χ1v) is 9.66. The molecule has 1 heterocycles. The molecule has 0 atom stereocenters. The average molecular weight is 403 g/mol. The van der Waals surface area contributed by atoms with Gasteiger partial charge in [0.05, 0.1) is 19.0 Å². The van der Waals surface area contributed by atoms with Crippen molar-refractivity contribution in [1.82, 2.24) is 15.1 Å². The number of nitrogens with one attached hydrogen (secondary N) is 1. The summed E-state index contributed by atoms with van der Waals surface area (Å²) < 4.78 is 12.7. The molecule has 0 fully saturated rings. The van der Waals surface area contributed by atoms with Crippen molar-refractivity contribution in [3.63, 3.8) is 0 Å². The Hall–Kier alpha value is -3.80. The third kappa shape index (κ3) is 5.85. The van der Waals surface area contributed by atoms with E-state index in [1.54, 1.807) is 19.3 Å². The van der Waals surface area contributed by atoms with Crippen LogP contribution in [0, 0.1) is 0 Å². The number of hydrogen-bond acceptors (Lipinski definition) is 4. The van der Waals surface area contributed by atoms with Gasteiger partial charge in [0.2, 0.25) is 5.91 Å². The second kappa shape index (κ2) is 10.7. The lowest BCUT2D eigenvalue weighted by molar-refractivity contribution is -0.116. The van der Waals surface area contributed by atoms with Crippen molar-refractivity contribution >= 4 is 12.0 Å². The van der Waals surface area contributed by atoms with Crippen molar-refractivity contribution in [2.45, 2.75) is 6.42 Å². The van der Waals surface area contributed by atoms with Gasteiger partial charge < -0.3 is 14.8 Å². The first kappa shape index (κ1) is 20.9. The van der Waals surface area contributed by atoms with Crippen LogP contribution in [0.15, 0.2) is 79.7 Å². The smallest absolute Gasteiger partial charge is 0.244 e. The van der Waals surface area contributed by atoms with Crippen molar-refractivity contribution in [1.29, 1.82) is 0 Å². The molecule has 0 bridgehead atoms. The van der Waals surface area contributed by atoms with Gasteiger partial charge in [-0.05, 0) is 47.9 Å². The Balaban J connectivity index is 1.49. The van der Waals surface area contributed by atoms with Gasteiger partial charge in [-0.1, -0.05) is 36.9 Å².